The standard InChI is InChI=1S/C23H16ClN3O2/c24-15-5-6-20(28)18(10-15)23(29)14-9-13(11-25)22-21-17(7-8-27(22)12-14)16-3-1-2-4-19(16)26-21/h1-6,9-10,12,17,26,28H,7-8H2. The number of allylic oxidation sites excluding steroid dienone is 4. The average Bonchev–Trinajstić information content (AvgIpc) is 3.12. The van der Waals surface area contributed by atoms with Gasteiger partial charge in [0.05, 0.1) is 16.8 Å². The van der Waals surface area contributed by atoms with Crippen molar-refractivity contribution in [1.29, 1.82) is 5.26 Å². The van der Waals surface area contributed by atoms with Gasteiger partial charge in [0.1, 0.15) is 11.8 Å². The van der Waals surface area contributed by atoms with Crippen LogP contribution >= 0.6 is 11.6 Å². The number of aromatic hydroxyl groups is 1. The van der Waals surface area contributed by atoms with Crippen LogP contribution in [0.15, 0.2) is 77.3 Å². The van der Waals surface area contributed by atoms with E-state index < -0.39 is 0 Å². The molecule has 2 aromatic rings. The highest BCUT2D eigenvalue weighted by atomic mass is 35.5. The van der Waals surface area contributed by atoms with Gasteiger partial charge in [-0.2, -0.15) is 5.26 Å². The van der Waals surface area contributed by atoms with Crippen molar-refractivity contribution in [3.05, 3.63) is 93.4 Å². The van der Waals surface area contributed by atoms with Crippen molar-refractivity contribution in [1.82, 2.24) is 4.90 Å². The quantitative estimate of drug-likeness (QED) is 0.713. The number of carbonyl (C=O) groups excluding carboxylic acids is 1. The van der Waals surface area contributed by atoms with Crippen LogP contribution in [0.25, 0.3) is 0 Å². The number of halogens is 1. The number of para-hydroxylation sites is 1. The molecule has 0 spiro atoms. The molecule has 29 heavy (non-hydrogen) atoms. The monoisotopic (exact) mass is 401 g/mol. The summed E-state index contributed by atoms with van der Waals surface area (Å²) >= 11 is 5.99. The van der Waals surface area contributed by atoms with Crippen LogP contribution in [0.2, 0.25) is 5.02 Å². The molecule has 2 aromatic carbocycles. The zero-order valence-electron chi connectivity index (χ0n) is 15.3. The van der Waals surface area contributed by atoms with Crippen LogP contribution in [0.5, 0.6) is 5.75 Å². The zero-order chi connectivity index (χ0) is 20.1. The van der Waals surface area contributed by atoms with Gasteiger partial charge >= 0.3 is 0 Å². The number of hydrogen-bond acceptors (Lipinski definition) is 5. The molecule has 1 unspecified atom stereocenters. The lowest BCUT2D eigenvalue weighted by Crippen LogP contribution is -2.32. The Morgan fingerprint density at radius 1 is 1.28 bits per heavy atom. The highest BCUT2D eigenvalue weighted by molar-refractivity contribution is 6.31. The number of fused-ring (bicyclic) bond motifs is 4. The van der Waals surface area contributed by atoms with Crippen LogP contribution < -0.4 is 5.32 Å². The van der Waals surface area contributed by atoms with E-state index in [1.165, 1.54) is 23.8 Å². The molecule has 5 rings (SSSR count). The Balaban J connectivity index is 1.58. The van der Waals surface area contributed by atoms with Gasteiger partial charge in [-0.25, -0.2) is 0 Å². The number of anilines is 1. The topological polar surface area (TPSA) is 76.4 Å². The van der Waals surface area contributed by atoms with Gasteiger partial charge in [0, 0.05) is 40.6 Å². The third-order valence-corrected chi connectivity index (χ3v) is 5.83. The minimum absolute atomic E-state index is 0.120. The molecule has 0 saturated heterocycles. The number of ketones is 1. The van der Waals surface area contributed by atoms with Crippen LogP contribution in [0, 0.1) is 11.3 Å². The first-order valence-corrected chi connectivity index (χ1v) is 9.68. The molecule has 0 saturated carbocycles. The van der Waals surface area contributed by atoms with E-state index in [4.69, 9.17) is 11.6 Å². The molecule has 3 aliphatic heterocycles. The van der Waals surface area contributed by atoms with Crippen LogP contribution in [-0.4, -0.2) is 22.3 Å². The molecule has 3 heterocycles. The van der Waals surface area contributed by atoms with E-state index in [1.54, 1.807) is 12.3 Å². The molecule has 0 amide bonds. The van der Waals surface area contributed by atoms with Crippen LogP contribution in [-0.2, 0) is 0 Å². The predicted octanol–water partition coefficient (Wildman–Crippen LogP) is 4.70. The van der Waals surface area contributed by atoms with Crippen LogP contribution in [0.4, 0.5) is 5.69 Å². The summed E-state index contributed by atoms with van der Waals surface area (Å²) in [6.45, 7) is 0.691. The summed E-state index contributed by atoms with van der Waals surface area (Å²) in [5.41, 5.74) is 5.00. The van der Waals surface area contributed by atoms with Gasteiger partial charge in [-0.1, -0.05) is 29.8 Å². The van der Waals surface area contributed by atoms with Gasteiger partial charge in [0.25, 0.3) is 0 Å². The van der Waals surface area contributed by atoms with Crippen LogP contribution in [0.3, 0.4) is 0 Å². The summed E-state index contributed by atoms with van der Waals surface area (Å²) in [6, 6.07) is 14.8. The van der Waals surface area contributed by atoms with E-state index in [-0.39, 0.29) is 23.0 Å². The Morgan fingerprint density at radius 3 is 2.93 bits per heavy atom. The number of phenols is 1. The molecular formula is C23H16ClN3O2. The van der Waals surface area contributed by atoms with E-state index in [0.29, 0.717) is 22.7 Å². The third-order valence-electron chi connectivity index (χ3n) is 5.59. The van der Waals surface area contributed by atoms with Gasteiger partial charge in [-0.15, -0.1) is 0 Å². The van der Waals surface area contributed by atoms with Crippen molar-refractivity contribution < 1.29 is 9.90 Å². The highest BCUT2D eigenvalue weighted by Crippen LogP contribution is 2.47. The molecule has 1 atom stereocenters. The molecule has 0 bridgehead atoms. The lowest BCUT2D eigenvalue weighted by atomic mass is 9.87. The fraction of sp³-hybridized carbons (Fsp3) is 0.130. The van der Waals surface area contributed by atoms with E-state index in [2.05, 4.69) is 17.5 Å². The SMILES string of the molecule is N#CC1=CC(C(=O)c2cc(Cl)ccc2O)=CN2CCC3C(=C12)Nc1ccccc13. The molecule has 0 fully saturated rings. The van der Waals surface area contributed by atoms with E-state index in [9.17, 15) is 15.2 Å². The Morgan fingerprint density at radius 2 is 2.10 bits per heavy atom. The zero-order valence-corrected chi connectivity index (χ0v) is 16.1. The second-order valence-electron chi connectivity index (χ2n) is 7.25. The second-order valence-corrected chi connectivity index (χ2v) is 7.69. The number of benzene rings is 2. The third kappa shape index (κ3) is 2.72. The maximum atomic E-state index is 13.0. The first kappa shape index (κ1) is 17.6. The molecular weight excluding hydrogens is 386 g/mol. The van der Waals surface area contributed by atoms with Crippen molar-refractivity contribution in [3.8, 4) is 11.8 Å². The summed E-state index contributed by atoms with van der Waals surface area (Å²) in [7, 11) is 0. The summed E-state index contributed by atoms with van der Waals surface area (Å²) in [6.07, 6.45) is 4.23. The minimum Gasteiger partial charge on any atom is -0.507 e. The Bertz CT molecular complexity index is 1200. The highest BCUT2D eigenvalue weighted by Gasteiger charge is 2.37. The summed E-state index contributed by atoms with van der Waals surface area (Å²) in [5, 5.41) is 23.7. The Kier molecular flexibility index (Phi) is 3.97. The van der Waals surface area contributed by atoms with E-state index >= 15 is 0 Å². The maximum Gasteiger partial charge on any atom is 0.198 e. The molecule has 2 N–H and O–H groups in total. The van der Waals surface area contributed by atoms with E-state index in [0.717, 1.165) is 23.5 Å². The number of nitrogens with zero attached hydrogens (tertiary/aromatic N) is 2. The number of phenolic OH excluding ortho intramolecular Hbond substituents is 1. The maximum absolute atomic E-state index is 13.0. The first-order valence-electron chi connectivity index (χ1n) is 9.31. The average molecular weight is 402 g/mol. The van der Waals surface area contributed by atoms with Crippen LogP contribution in [0.1, 0.15) is 28.3 Å². The van der Waals surface area contributed by atoms with Gasteiger partial charge < -0.3 is 15.3 Å². The summed E-state index contributed by atoms with van der Waals surface area (Å²) < 4.78 is 0. The predicted molar refractivity (Wildman–Crippen MR) is 110 cm³/mol. The van der Waals surface area contributed by atoms with Gasteiger partial charge in [0.15, 0.2) is 5.78 Å². The fourth-order valence-electron chi connectivity index (χ4n) is 4.27. The van der Waals surface area contributed by atoms with Crippen molar-refractivity contribution in [2.75, 3.05) is 11.9 Å². The fourth-order valence-corrected chi connectivity index (χ4v) is 4.45. The van der Waals surface area contributed by atoms with Gasteiger partial charge in [-0.3, -0.25) is 4.79 Å². The van der Waals surface area contributed by atoms with Crippen molar-refractivity contribution in [3.63, 3.8) is 0 Å². The number of carbonyl (C=O) groups is 1. The minimum atomic E-state index is -0.369. The molecule has 0 radical (unpaired) electrons. The molecule has 5 nitrogen and oxygen atoms in total. The summed E-state index contributed by atoms with van der Waals surface area (Å²) in [4.78, 5) is 15.0. The number of Topliss-reactive ketones (excluding diaryl/α,β-unsaturated/α-hetero) is 1. The number of hydrogen-bond donors (Lipinski definition) is 2. The largest absolute Gasteiger partial charge is 0.507 e. The van der Waals surface area contributed by atoms with Gasteiger partial charge in [-0.05, 0) is 42.3 Å². The molecule has 142 valence electrons. The molecule has 3 aliphatic rings. The number of nitrogens with one attached hydrogen (secondary N) is 1. The first-order chi connectivity index (χ1) is 14.1. The smallest absolute Gasteiger partial charge is 0.198 e. The normalized spacial score (nSPS) is 19.3. The lowest BCUT2D eigenvalue weighted by molar-refractivity contribution is 0.103. The molecule has 0 aromatic heterocycles. The molecule has 0 aliphatic carbocycles. The van der Waals surface area contributed by atoms with Crippen molar-refractivity contribution in [2.45, 2.75) is 12.3 Å². The summed E-state index contributed by atoms with van der Waals surface area (Å²) in [5.74, 6) is -0.286. The number of rotatable bonds is 2. The second kappa shape index (κ2) is 6.54. The number of nitriles is 1. The van der Waals surface area contributed by atoms with Gasteiger partial charge in [0.2, 0.25) is 0 Å². The van der Waals surface area contributed by atoms with E-state index in [1.807, 2.05) is 23.1 Å². The molecule has 6 heteroatoms. The lowest BCUT2D eigenvalue weighted by Gasteiger charge is -2.35. The van der Waals surface area contributed by atoms with Crippen molar-refractivity contribution in [2.24, 2.45) is 0 Å². The Hall–Kier alpha value is -3.49. The van der Waals surface area contributed by atoms with Crippen molar-refractivity contribution >= 4 is 23.1 Å². The Labute approximate surface area is 172 Å².